The molecule has 0 aliphatic carbocycles. The van der Waals surface area contributed by atoms with Crippen molar-refractivity contribution in [1.82, 2.24) is 5.32 Å². The fraction of sp³-hybridized carbons (Fsp3) is 0.975. The second-order valence-corrected chi connectivity index (χ2v) is 14.2. The predicted molar refractivity (Wildman–Crippen MR) is 195 cm³/mol. The lowest BCUT2D eigenvalue weighted by Crippen LogP contribution is -2.49. The van der Waals surface area contributed by atoms with Crippen LogP contribution in [-0.2, 0) is 4.79 Å². The molecule has 3 atom stereocenters. The summed E-state index contributed by atoms with van der Waals surface area (Å²) in [5.41, 5.74) is 0. The molecule has 45 heavy (non-hydrogen) atoms. The number of nitrogens with one attached hydrogen (secondary N) is 1. The monoisotopic (exact) mass is 640 g/mol. The van der Waals surface area contributed by atoms with Crippen molar-refractivity contribution in [3.05, 3.63) is 0 Å². The molecule has 0 aliphatic rings. The number of carbonyl (C=O) groups excluding carboxylic acids is 1. The lowest BCUT2D eigenvalue weighted by atomic mass is 10.0. The molecule has 0 aromatic carbocycles. The van der Waals surface area contributed by atoms with Crippen LogP contribution < -0.4 is 5.32 Å². The van der Waals surface area contributed by atoms with Crippen LogP contribution in [0.3, 0.4) is 0 Å². The van der Waals surface area contributed by atoms with Gasteiger partial charge in [0.25, 0.3) is 0 Å². The number of hydrogen-bond donors (Lipinski definition) is 4. The van der Waals surface area contributed by atoms with Crippen molar-refractivity contribution in [1.29, 1.82) is 0 Å². The molecular formula is C40H81NO4. The summed E-state index contributed by atoms with van der Waals surface area (Å²) >= 11 is 0. The first kappa shape index (κ1) is 44.4. The molecular weight excluding hydrogens is 558 g/mol. The van der Waals surface area contributed by atoms with E-state index in [-0.39, 0.29) is 6.61 Å². The highest BCUT2D eigenvalue weighted by Crippen LogP contribution is 2.16. The van der Waals surface area contributed by atoms with Gasteiger partial charge >= 0.3 is 0 Å². The Morgan fingerprint density at radius 1 is 0.444 bits per heavy atom. The summed E-state index contributed by atoms with van der Waals surface area (Å²) in [6.07, 6.45) is 39.5. The topological polar surface area (TPSA) is 89.8 Å². The first-order valence-corrected chi connectivity index (χ1v) is 20.3. The van der Waals surface area contributed by atoms with E-state index in [2.05, 4.69) is 19.2 Å². The van der Waals surface area contributed by atoms with Crippen LogP contribution in [0.5, 0.6) is 0 Å². The van der Waals surface area contributed by atoms with Crippen LogP contribution in [0.4, 0.5) is 0 Å². The molecule has 270 valence electrons. The van der Waals surface area contributed by atoms with Gasteiger partial charge in [0.2, 0.25) is 5.91 Å². The molecule has 0 aliphatic heterocycles. The van der Waals surface area contributed by atoms with Crippen molar-refractivity contribution in [2.24, 2.45) is 0 Å². The minimum Gasteiger partial charge on any atom is -0.394 e. The standard InChI is InChI=1S/C40H81NO4/c1-3-5-7-9-11-13-15-17-19-20-21-23-25-27-29-31-33-35-39(44)40(45)41-37(36-42)38(43)34-32-30-28-26-24-22-18-16-14-12-10-8-6-4-2/h37-39,42-44H,3-36H2,1-2H3,(H,41,45). The third-order valence-corrected chi connectivity index (χ3v) is 9.73. The summed E-state index contributed by atoms with van der Waals surface area (Å²) in [6, 6.07) is -0.704. The Bertz CT molecular complexity index is 587. The molecule has 0 aromatic rings. The summed E-state index contributed by atoms with van der Waals surface area (Å²) < 4.78 is 0. The maximum atomic E-state index is 12.4. The molecule has 5 nitrogen and oxygen atoms in total. The zero-order chi connectivity index (χ0) is 33.1. The smallest absolute Gasteiger partial charge is 0.249 e. The van der Waals surface area contributed by atoms with Gasteiger partial charge in [-0.25, -0.2) is 0 Å². The Kier molecular flexibility index (Phi) is 35.7. The molecule has 0 spiro atoms. The van der Waals surface area contributed by atoms with Crippen LogP contribution in [0.25, 0.3) is 0 Å². The average Bonchev–Trinajstić information content (AvgIpc) is 3.04. The van der Waals surface area contributed by atoms with E-state index in [9.17, 15) is 20.1 Å². The Morgan fingerprint density at radius 2 is 0.711 bits per heavy atom. The van der Waals surface area contributed by atoms with Gasteiger partial charge in [0.15, 0.2) is 0 Å². The molecule has 0 rings (SSSR count). The van der Waals surface area contributed by atoms with E-state index < -0.39 is 24.2 Å². The molecule has 0 bridgehead atoms. The van der Waals surface area contributed by atoms with Gasteiger partial charge in [0.1, 0.15) is 6.10 Å². The molecule has 0 aromatic heterocycles. The Morgan fingerprint density at radius 3 is 1.00 bits per heavy atom. The Labute approximate surface area is 281 Å². The molecule has 0 heterocycles. The molecule has 1 amide bonds. The quantitative estimate of drug-likeness (QED) is 0.0509. The number of unbranched alkanes of at least 4 members (excludes halogenated alkanes) is 29. The summed E-state index contributed by atoms with van der Waals surface area (Å²) in [5.74, 6) is -0.467. The van der Waals surface area contributed by atoms with E-state index in [1.54, 1.807) is 0 Å². The van der Waals surface area contributed by atoms with E-state index in [0.717, 1.165) is 32.1 Å². The number of hydrogen-bond acceptors (Lipinski definition) is 4. The Hall–Kier alpha value is -0.650. The van der Waals surface area contributed by atoms with Gasteiger partial charge in [0, 0.05) is 0 Å². The van der Waals surface area contributed by atoms with Crippen LogP contribution in [0, 0.1) is 0 Å². The minimum absolute atomic E-state index is 0.308. The van der Waals surface area contributed by atoms with Gasteiger partial charge < -0.3 is 20.6 Å². The number of aliphatic hydroxyl groups excluding tert-OH is 3. The molecule has 0 radical (unpaired) electrons. The van der Waals surface area contributed by atoms with Crippen molar-refractivity contribution in [2.75, 3.05) is 6.61 Å². The third-order valence-electron chi connectivity index (χ3n) is 9.73. The molecule has 0 fully saturated rings. The zero-order valence-corrected chi connectivity index (χ0v) is 30.5. The number of aliphatic hydroxyl groups is 3. The van der Waals surface area contributed by atoms with Gasteiger partial charge in [-0.2, -0.15) is 0 Å². The number of rotatable bonds is 37. The average molecular weight is 640 g/mol. The lowest BCUT2D eigenvalue weighted by molar-refractivity contribution is -0.131. The summed E-state index contributed by atoms with van der Waals surface area (Å²) in [4.78, 5) is 12.4. The number of carbonyl (C=O) groups is 1. The van der Waals surface area contributed by atoms with Crippen LogP contribution in [0.1, 0.15) is 226 Å². The van der Waals surface area contributed by atoms with Crippen LogP contribution in [0.2, 0.25) is 0 Å². The van der Waals surface area contributed by atoms with E-state index in [4.69, 9.17) is 0 Å². The van der Waals surface area contributed by atoms with Crippen LogP contribution >= 0.6 is 0 Å². The van der Waals surface area contributed by atoms with E-state index in [1.165, 1.54) is 167 Å². The SMILES string of the molecule is CCCCCCCCCCCCCCCCCCCC(O)C(=O)NC(CO)C(O)CCCCCCCCCCCCCCCC. The third kappa shape index (κ3) is 31.7. The van der Waals surface area contributed by atoms with Gasteiger partial charge in [-0.3, -0.25) is 4.79 Å². The first-order valence-electron chi connectivity index (χ1n) is 20.3. The van der Waals surface area contributed by atoms with E-state index >= 15 is 0 Å². The van der Waals surface area contributed by atoms with E-state index in [1.807, 2.05) is 0 Å². The van der Waals surface area contributed by atoms with Gasteiger partial charge in [-0.05, 0) is 12.8 Å². The van der Waals surface area contributed by atoms with Crippen molar-refractivity contribution >= 4 is 5.91 Å². The molecule has 4 N–H and O–H groups in total. The van der Waals surface area contributed by atoms with Crippen molar-refractivity contribution in [3.8, 4) is 0 Å². The minimum atomic E-state index is -1.07. The maximum Gasteiger partial charge on any atom is 0.249 e. The highest BCUT2D eigenvalue weighted by atomic mass is 16.3. The van der Waals surface area contributed by atoms with E-state index in [0.29, 0.717) is 12.8 Å². The fourth-order valence-corrected chi connectivity index (χ4v) is 6.49. The zero-order valence-electron chi connectivity index (χ0n) is 30.5. The Balaban J connectivity index is 3.61. The predicted octanol–water partition coefficient (Wildman–Crippen LogP) is 11.1. The van der Waals surface area contributed by atoms with Crippen molar-refractivity contribution in [2.45, 2.75) is 244 Å². The largest absolute Gasteiger partial charge is 0.394 e. The van der Waals surface area contributed by atoms with Crippen LogP contribution in [-0.4, -0.2) is 46.1 Å². The fourth-order valence-electron chi connectivity index (χ4n) is 6.49. The summed E-state index contributed by atoms with van der Waals surface area (Å²) in [7, 11) is 0. The summed E-state index contributed by atoms with van der Waals surface area (Å²) in [6.45, 7) is 4.24. The molecule has 5 heteroatoms. The first-order chi connectivity index (χ1) is 22.1. The maximum absolute atomic E-state index is 12.4. The second-order valence-electron chi connectivity index (χ2n) is 14.2. The molecule has 3 unspecified atom stereocenters. The van der Waals surface area contributed by atoms with Gasteiger partial charge in [0.05, 0.1) is 18.8 Å². The summed E-state index contributed by atoms with van der Waals surface area (Å²) in [5, 5.41) is 33.2. The number of amides is 1. The normalized spacial score (nSPS) is 13.6. The molecule has 0 saturated carbocycles. The van der Waals surface area contributed by atoms with Crippen molar-refractivity contribution in [3.63, 3.8) is 0 Å². The van der Waals surface area contributed by atoms with Crippen molar-refractivity contribution < 1.29 is 20.1 Å². The van der Waals surface area contributed by atoms with Gasteiger partial charge in [-0.1, -0.05) is 213 Å². The highest BCUT2D eigenvalue weighted by molar-refractivity contribution is 5.80. The van der Waals surface area contributed by atoms with Crippen LogP contribution in [0.15, 0.2) is 0 Å². The lowest BCUT2D eigenvalue weighted by Gasteiger charge is -2.23. The second kappa shape index (κ2) is 36.2. The molecule has 0 saturated heterocycles. The van der Waals surface area contributed by atoms with Gasteiger partial charge in [-0.15, -0.1) is 0 Å². The highest BCUT2D eigenvalue weighted by Gasteiger charge is 2.23.